The maximum atomic E-state index is 14.4. The molecule has 0 atom stereocenters. The van der Waals surface area contributed by atoms with Gasteiger partial charge in [0.05, 0.1) is 12.4 Å². The summed E-state index contributed by atoms with van der Waals surface area (Å²) >= 11 is 1.30. The summed E-state index contributed by atoms with van der Waals surface area (Å²) in [7, 11) is 0. The first-order valence-corrected chi connectivity index (χ1v) is 14.8. The normalized spacial score (nSPS) is 11.0. The Balaban J connectivity index is 1.38. The van der Waals surface area contributed by atoms with Crippen LogP contribution in [0.5, 0.6) is 5.75 Å². The van der Waals surface area contributed by atoms with Gasteiger partial charge in [-0.3, -0.25) is 14.4 Å². The van der Waals surface area contributed by atoms with Gasteiger partial charge in [0, 0.05) is 27.4 Å². The number of anilines is 2. The molecule has 0 saturated heterocycles. The van der Waals surface area contributed by atoms with Crippen LogP contribution >= 0.6 is 11.8 Å². The molecule has 0 radical (unpaired) electrons. The molecule has 4 aromatic rings. The Labute approximate surface area is 254 Å². The molecule has 0 aliphatic heterocycles. The van der Waals surface area contributed by atoms with Crippen LogP contribution in [0.3, 0.4) is 0 Å². The minimum Gasteiger partial charge on any atom is -0.494 e. The van der Waals surface area contributed by atoms with Crippen molar-refractivity contribution >= 4 is 46.9 Å². The zero-order valence-electron chi connectivity index (χ0n) is 23.6. The van der Waals surface area contributed by atoms with E-state index >= 15 is 0 Å². The fourth-order valence-electron chi connectivity index (χ4n) is 3.87. The van der Waals surface area contributed by atoms with Crippen LogP contribution < -0.4 is 20.7 Å². The molecule has 0 spiro atoms. The fraction of sp³-hybridized carbons (Fsp3) is 0.147. The van der Waals surface area contributed by atoms with E-state index in [2.05, 4.69) is 22.9 Å². The molecule has 0 fully saturated rings. The van der Waals surface area contributed by atoms with Gasteiger partial charge in [0.2, 0.25) is 5.91 Å². The third-order valence-electron chi connectivity index (χ3n) is 6.10. The number of rotatable bonds is 13. The number of benzene rings is 4. The van der Waals surface area contributed by atoms with Gasteiger partial charge in [-0.2, -0.15) is 0 Å². The first kappa shape index (κ1) is 31.1. The van der Waals surface area contributed by atoms with Crippen molar-refractivity contribution in [2.45, 2.75) is 24.7 Å². The van der Waals surface area contributed by atoms with E-state index in [0.29, 0.717) is 23.5 Å². The molecule has 0 bridgehead atoms. The van der Waals surface area contributed by atoms with Crippen molar-refractivity contribution in [3.05, 3.63) is 126 Å². The van der Waals surface area contributed by atoms with E-state index in [-0.39, 0.29) is 22.9 Å². The third-order valence-corrected chi connectivity index (χ3v) is 7.09. The lowest BCUT2D eigenvalue weighted by atomic mass is 10.1. The summed E-state index contributed by atoms with van der Waals surface area (Å²) in [4.78, 5) is 39.4. The Morgan fingerprint density at radius 1 is 0.837 bits per heavy atom. The van der Waals surface area contributed by atoms with E-state index in [1.165, 1.54) is 30.0 Å². The van der Waals surface area contributed by atoms with E-state index in [1.54, 1.807) is 72.8 Å². The number of thioether (sulfide) groups is 1. The molecule has 4 rings (SSSR count). The van der Waals surface area contributed by atoms with Gasteiger partial charge in [-0.25, -0.2) is 4.39 Å². The number of hydrogen-bond acceptors (Lipinski definition) is 5. The van der Waals surface area contributed by atoms with Crippen molar-refractivity contribution in [2.24, 2.45) is 0 Å². The van der Waals surface area contributed by atoms with Gasteiger partial charge in [0.1, 0.15) is 17.3 Å². The molecule has 0 aromatic heterocycles. The molecule has 220 valence electrons. The summed E-state index contributed by atoms with van der Waals surface area (Å²) in [6.07, 6.45) is 3.33. The van der Waals surface area contributed by atoms with E-state index in [4.69, 9.17) is 4.74 Å². The number of carbonyl (C=O) groups is 3. The van der Waals surface area contributed by atoms with Gasteiger partial charge in [0.15, 0.2) is 0 Å². The molecule has 0 heterocycles. The smallest absolute Gasteiger partial charge is 0.272 e. The van der Waals surface area contributed by atoms with Crippen LogP contribution in [0.25, 0.3) is 6.08 Å². The van der Waals surface area contributed by atoms with Gasteiger partial charge in [0.25, 0.3) is 11.8 Å². The van der Waals surface area contributed by atoms with Gasteiger partial charge < -0.3 is 20.7 Å². The number of ether oxygens (including phenoxy) is 1. The molecule has 7 nitrogen and oxygen atoms in total. The SMILES string of the molecule is CCCCOc1ccc(NC(=O)CSc2cccc(NC(=O)/C(=C/c3ccccc3F)NC(=O)c3ccccc3)c2)cc1. The number of amides is 3. The maximum absolute atomic E-state index is 14.4. The Bertz CT molecular complexity index is 1580. The lowest BCUT2D eigenvalue weighted by Gasteiger charge is -2.12. The lowest BCUT2D eigenvalue weighted by molar-refractivity contribution is -0.114. The summed E-state index contributed by atoms with van der Waals surface area (Å²) in [6, 6.07) is 28.6. The average molecular weight is 598 g/mol. The van der Waals surface area contributed by atoms with Crippen molar-refractivity contribution in [3.8, 4) is 5.75 Å². The number of nitrogens with one attached hydrogen (secondary N) is 3. The van der Waals surface area contributed by atoms with Crippen LogP contribution in [0.15, 0.2) is 114 Å². The minimum absolute atomic E-state index is 0.127. The first-order valence-electron chi connectivity index (χ1n) is 13.8. The molecular weight excluding hydrogens is 565 g/mol. The molecule has 0 aliphatic rings. The largest absolute Gasteiger partial charge is 0.494 e. The standard InChI is InChI=1S/C34H32FN3O4S/c1-2-3-20-42-28-18-16-26(17-19-28)36-32(39)23-43-29-14-9-13-27(22-29)37-34(41)31(21-25-12-7-8-15-30(25)35)38-33(40)24-10-5-4-6-11-24/h4-19,21-22H,2-3,20,23H2,1H3,(H,36,39)(H,37,41)(H,38,40)/b31-21-. The summed E-state index contributed by atoms with van der Waals surface area (Å²) < 4.78 is 20.0. The zero-order chi connectivity index (χ0) is 30.4. The molecule has 3 N–H and O–H groups in total. The van der Waals surface area contributed by atoms with Crippen LogP contribution in [0.4, 0.5) is 15.8 Å². The summed E-state index contributed by atoms with van der Waals surface area (Å²) in [6.45, 7) is 2.76. The highest BCUT2D eigenvalue weighted by molar-refractivity contribution is 8.00. The van der Waals surface area contributed by atoms with E-state index in [0.717, 1.165) is 23.5 Å². The first-order chi connectivity index (χ1) is 20.9. The van der Waals surface area contributed by atoms with E-state index in [1.807, 2.05) is 18.2 Å². The molecule has 43 heavy (non-hydrogen) atoms. The van der Waals surface area contributed by atoms with Crippen molar-refractivity contribution in [3.63, 3.8) is 0 Å². The highest BCUT2D eigenvalue weighted by Gasteiger charge is 2.16. The molecule has 0 saturated carbocycles. The summed E-state index contributed by atoms with van der Waals surface area (Å²) in [5.74, 6) is -0.946. The van der Waals surface area contributed by atoms with E-state index in [9.17, 15) is 18.8 Å². The average Bonchev–Trinajstić information content (AvgIpc) is 3.02. The fourth-order valence-corrected chi connectivity index (χ4v) is 4.62. The molecule has 4 aromatic carbocycles. The molecule has 3 amide bonds. The second-order valence-electron chi connectivity index (χ2n) is 9.44. The Kier molecular flexibility index (Phi) is 11.5. The van der Waals surface area contributed by atoms with Crippen LogP contribution in [-0.4, -0.2) is 30.1 Å². The summed E-state index contributed by atoms with van der Waals surface area (Å²) in [5, 5.41) is 8.22. The lowest BCUT2D eigenvalue weighted by Crippen LogP contribution is -2.30. The quantitative estimate of drug-likeness (QED) is 0.0865. The Morgan fingerprint density at radius 2 is 1.58 bits per heavy atom. The van der Waals surface area contributed by atoms with Gasteiger partial charge in [-0.05, 0) is 73.2 Å². The minimum atomic E-state index is -0.630. The maximum Gasteiger partial charge on any atom is 0.272 e. The van der Waals surface area contributed by atoms with Crippen molar-refractivity contribution in [1.29, 1.82) is 0 Å². The summed E-state index contributed by atoms with van der Waals surface area (Å²) in [5.41, 5.74) is 1.49. The number of carbonyl (C=O) groups excluding carboxylic acids is 3. The Morgan fingerprint density at radius 3 is 2.33 bits per heavy atom. The second-order valence-corrected chi connectivity index (χ2v) is 10.5. The predicted octanol–water partition coefficient (Wildman–Crippen LogP) is 7.15. The number of unbranched alkanes of at least 4 members (excludes halogenated alkanes) is 1. The van der Waals surface area contributed by atoms with E-state index < -0.39 is 17.6 Å². The second kappa shape index (κ2) is 15.9. The van der Waals surface area contributed by atoms with Crippen LogP contribution in [0.1, 0.15) is 35.7 Å². The highest BCUT2D eigenvalue weighted by atomic mass is 32.2. The van der Waals surface area contributed by atoms with Crippen molar-refractivity contribution < 1.29 is 23.5 Å². The van der Waals surface area contributed by atoms with Crippen molar-refractivity contribution in [1.82, 2.24) is 5.32 Å². The van der Waals surface area contributed by atoms with Gasteiger partial charge >= 0.3 is 0 Å². The monoisotopic (exact) mass is 597 g/mol. The molecule has 0 aliphatic carbocycles. The predicted molar refractivity (Wildman–Crippen MR) is 170 cm³/mol. The molecule has 0 unspecified atom stereocenters. The van der Waals surface area contributed by atoms with Gasteiger partial charge in [-0.15, -0.1) is 11.8 Å². The highest BCUT2D eigenvalue weighted by Crippen LogP contribution is 2.23. The number of halogens is 1. The zero-order valence-corrected chi connectivity index (χ0v) is 24.5. The molecule has 9 heteroatoms. The van der Waals surface area contributed by atoms with Gasteiger partial charge in [-0.1, -0.05) is 55.8 Å². The molecular formula is C34H32FN3O4S. The van der Waals surface area contributed by atoms with Crippen molar-refractivity contribution in [2.75, 3.05) is 23.0 Å². The van der Waals surface area contributed by atoms with Crippen LogP contribution in [-0.2, 0) is 9.59 Å². The topological polar surface area (TPSA) is 96.5 Å². The third kappa shape index (κ3) is 9.86. The van der Waals surface area contributed by atoms with Crippen LogP contribution in [0.2, 0.25) is 0 Å². The Hall–Kier alpha value is -4.89. The number of hydrogen-bond donors (Lipinski definition) is 3. The van der Waals surface area contributed by atoms with Crippen LogP contribution in [0, 0.1) is 5.82 Å².